The first kappa shape index (κ1) is 12.1. The van der Waals surface area contributed by atoms with E-state index in [0.29, 0.717) is 0 Å². The van der Waals surface area contributed by atoms with Crippen molar-refractivity contribution < 1.29 is 14.3 Å². The molecular weight excluding hydrogens is 192 g/mol. The molecule has 0 radical (unpaired) electrons. The molecule has 1 aliphatic rings. The molecule has 1 aliphatic carbocycles. The van der Waals surface area contributed by atoms with Crippen LogP contribution in [0.25, 0.3) is 0 Å². The summed E-state index contributed by atoms with van der Waals surface area (Å²) in [6.07, 6.45) is 3.36. The van der Waals surface area contributed by atoms with Crippen LogP contribution in [0.2, 0.25) is 0 Å². The zero-order chi connectivity index (χ0) is 11.6. The van der Waals surface area contributed by atoms with Crippen LogP contribution in [0.1, 0.15) is 20.8 Å². The molecule has 0 bridgehead atoms. The van der Waals surface area contributed by atoms with Crippen LogP contribution in [0.4, 0.5) is 0 Å². The van der Waals surface area contributed by atoms with E-state index in [4.69, 9.17) is 9.47 Å². The van der Waals surface area contributed by atoms with Crippen molar-refractivity contribution in [2.75, 3.05) is 14.2 Å². The summed E-state index contributed by atoms with van der Waals surface area (Å²) in [5.41, 5.74) is 1.52. The van der Waals surface area contributed by atoms with Gasteiger partial charge in [-0.05, 0) is 30.6 Å². The number of allylic oxidation sites excluding steroid dienone is 2. The van der Waals surface area contributed by atoms with Crippen LogP contribution in [-0.4, -0.2) is 25.8 Å². The quantitative estimate of drug-likeness (QED) is 0.669. The highest BCUT2D eigenvalue weighted by Crippen LogP contribution is 2.31. The highest BCUT2D eigenvalue weighted by Gasteiger charge is 2.35. The third kappa shape index (κ3) is 2.03. The van der Waals surface area contributed by atoms with E-state index in [2.05, 4.69) is 0 Å². The maximum absolute atomic E-state index is 11.7. The maximum atomic E-state index is 11.7. The second-order valence-electron chi connectivity index (χ2n) is 4.02. The molecule has 1 rings (SSSR count). The third-order valence-corrected chi connectivity index (χ3v) is 2.76. The molecule has 15 heavy (non-hydrogen) atoms. The van der Waals surface area contributed by atoms with E-state index in [-0.39, 0.29) is 11.7 Å². The fourth-order valence-electron chi connectivity index (χ4n) is 1.74. The summed E-state index contributed by atoms with van der Waals surface area (Å²) in [5, 5.41) is 0. The van der Waals surface area contributed by atoms with E-state index in [0.717, 1.165) is 11.1 Å². The Bertz CT molecular complexity index is 320. The van der Waals surface area contributed by atoms with Crippen LogP contribution in [0.15, 0.2) is 23.3 Å². The molecule has 0 atom stereocenters. The highest BCUT2D eigenvalue weighted by molar-refractivity contribution is 6.06. The number of hydrogen-bond acceptors (Lipinski definition) is 3. The average molecular weight is 210 g/mol. The van der Waals surface area contributed by atoms with Gasteiger partial charge in [0.15, 0.2) is 5.78 Å². The number of hydrogen-bond donors (Lipinski definition) is 0. The first-order chi connectivity index (χ1) is 6.96. The van der Waals surface area contributed by atoms with E-state index in [1.165, 1.54) is 0 Å². The molecule has 0 aromatic heterocycles. The summed E-state index contributed by atoms with van der Waals surface area (Å²) in [6.45, 7) is 5.79. The number of rotatable bonds is 3. The predicted octanol–water partition coefficient (Wildman–Crippen LogP) is 2.09. The van der Waals surface area contributed by atoms with Crippen molar-refractivity contribution in [3.8, 4) is 0 Å². The second kappa shape index (κ2) is 4.29. The zero-order valence-electron chi connectivity index (χ0n) is 9.96. The molecule has 0 unspecified atom stereocenters. The molecule has 0 N–H and O–H groups in total. The van der Waals surface area contributed by atoms with Gasteiger partial charge in [0.2, 0.25) is 5.79 Å². The summed E-state index contributed by atoms with van der Waals surface area (Å²) in [6, 6.07) is 0. The van der Waals surface area contributed by atoms with Gasteiger partial charge in [0.05, 0.1) is 0 Å². The number of carbonyl (C=O) groups is 1. The summed E-state index contributed by atoms with van der Waals surface area (Å²) in [7, 11) is 3.15. The molecule has 0 aromatic carbocycles. The number of ether oxygens (including phenoxy) is 2. The Morgan fingerprint density at radius 1 is 1.27 bits per heavy atom. The van der Waals surface area contributed by atoms with Gasteiger partial charge in [-0.2, -0.15) is 0 Å². The van der Waals surface area contributed by atoms with Crippen molar-refractivity contribution >= 4 is 5.78 Å². The fourth-order valence-corrected chi connectivity index (χ4v) is 1.74. The number of methoxy groups -OCH3 is 2. The summed E-state index contributed by atoms with van der Waals surface area (Å²) < 4.78 is 10.7. The maximum Gasteiger partial charge on any atom is 0.211 e. The average Bonchev–Trinajstić information content (AvgIpc) is 2.18. The standard InChI is InChI=1S/C12H18O3/c1-8(2)10-7-12(14-4,15-5)9(3)6-11(10)13/h6-8H,1-5H3. The molecule has 0 saturated carbocycles. The smallest absolute Gasteiger partial charge is 0.211 e. The van der Waals surface area contributed by atoms with Gasteiger partial charge in [0, 0.05) is 19.8 Å². The van der Waals surface area contributed by atoms with E-state index in [1.807, 2.05) is 20.8 Å². The van der Waals surface area contributed by atoms with Crippen molar-refractivity contribution in [2.45, 2.75) is 26.6 Å². The SMILES string of the molecule is COC1(OC)C=C(C(C)C)C(=O)C=C1C. The Morgan fingerprint density at radius 3 is 2.20 bits per heavy atom. The van der Waals surface area contributed by atoms with Crippen molar-refractivity contribution in [2.24, 2.45) is 5.92 Å². The molecule has 0 spiro atoms. The van der Waals surface area contributed by atoms with Gasteiger partial charge in [0.1, 0.15) is 0 Å². The molecule has 0 heterocycles. The number of carbonyl (C=O) groups excluding carboxylic acids is 1. The lowest BCUT2D eigenvalue weighted by Gasteiger charge is -2.32. The lowest BCUT2D eigenvalue weighted by atomic mass is 9.88. The monoisotopic (exact) mass is 210 g/mol. The van der Waals surface area contributed by atoms with Gasteiger partial charge in [-0.1, -0.05) is 13.8 Å². The Kier molecular flexibility index (Phi) is 3.47. The molecule has 3 nitrogen and oxygen atoms in total. The highest BCUT2D eigenvalue weighted by atomic mass is 16.7. The Hall–Kier alpha value is -0.930. The summed E-state index contributed by atoms with van der Waals surface area (Å²) >= 11 is 0. The topological polar surface area (TPSA) is 35.5 Å². The minimum absolute atomic E-state index is 0.0484. The van der Waals surface area contributed by atoms with Crippen molar-refractivity contribution in [3.63, 3.8) is 0 Å². The van der Waals surface area contributed by atoms with Crippen molar-refractivity contribution in [1.29, 1.82) is 0 Å². The zero-order valence-corrected chi connectivity index (χ0v) is 9.96. The van der Waals surface area contributed by atoms with E-state index >= 15 is 0 Å². The minimum atomic E-state index is -0.868. The second-order valence-corrected chi connectivity index (χ2v) is 4.02. The Balaban J connectivity index is 3.19. The summed E-state index contributed by atoms with van der Waals surface area (Å²) in [5.74, 6) is -0.646. The molecule has 0 aromatic rings. The van der Waals surface area contributed by atoms with Crippen molar-refractivity contribution in [1.82, 2.24) is 0 Å². The van der Waals surface area contributed by atoms with Gasteiger partial charge in [-0.3, -0.25) is 4.79 Å². The van der Waals surface area contributed by atoms with E-state index in [9.17, 15) is 4.79 Å². The first-order valence-corrected chi connectivity index (χ1v) is 5.03. The molecule has 84 valence electrons. The lowest BCUT2D eigenvalue weighted by molar-refractivity contribution is -0.145. The molecule has 0 saturated heterocycles. The van der Waals surface area contributed by atoms with Crippen LogP contribution in [0.3, 0.4) is 0 Å². The van der Waals surface area contributed by atoms with Crippen LogP contribution < -0.4 is 0 Å². The number of ketones is 1. The van der Waals surface area contributed by atoms with Gasteiger partial charge < -0.3 is 9.47 Å². The van der Waals surface area contributed by atoms with E-state index < -0.39 is 5.79 Å². The van der Waals surface area contributed by atoms with Crippen LogP contribution >= 0.6 is 0 Å². The predicted molar refractivity (Wildman–Crippen MR) is 58.4 cm³/mol. The largest absolute Gasteiger partial charge is 0.346 e. The lowest BCUT2D eigenvalue weighted by Crippen LogP contribution is -2.37. The molecule has 0 amide bonds. The normalized spacial score (nSPS) is 20.3. The molecular formula is C12H18O3. The van der Waals surface area contributed by atoms with Crippen molar-refractivity contribution in [3.05, 3.63) is 23.3 Å². The Morgan fingerprint density at radius 2 is 1.80 bits per heavy atom. The Labute approximate surface area is 90.8 Å². The molecule has 3 heteroatoms. The fraction of sp³-hybridized carbons (Fsp3) is 0.583. The molecule has 0 aliphatic heterocycles. The van der Waals surface area contributed by atoms with Gasteiger partial charge in [-0.25, -0.2) is 0 Å². The van der Waals surface area contributed by atoms with Gasteiger partial charge in [-0.15, -0.1) is 0 Å². The van der Waals surface area contributed by atoms with Gasteiger partial charge >= 0.3 is 0 Å². The third-order valence-electron chi connectivity index (χ3n) is 2.76. The van der Waals surface area contributed by atoms with E-state index in [1.54, 1.807) is 26.4 Å². The minimum Gasteiger partial charge on any atom is -0.346 e. The molecule has 0 fully saturated rings. The van der Waals surface area contributed by atoms with Crippen LogP contribution in [0, 0.1) is 5.92 Å². The first-order valence-electron chi connectivity index (χ1n) is 5.03. The van der Waals surface area contributed by atoms with Crippen LogP contribution in [0.5, 0.6) is 0 Å². The van der Waals surface area contributed by atoms with Gasteiger partial charge in [0.25, 0.3) is 0 Å². The van der Waals surface area contributed by atoms with Crippen LogP contribution in [-0.2, 0) is 14.3 Å². The summed E-state index contributed by atoms with van der Waals surface area (Å²) in [4.78, 5) is 11.7.